The Morgan fingerprint density at radius 3 is 2.50 bits per heavy atom. The Morgan fingerprint density at radius 1 is 1.03 bits per heavy atom. The van der Waals surface area contributed by atoms with Crippen LogP contribution >= 0.6 is 11.3 Å². The van der Waals surface area contributed by atoms with E-state index in [9.17, 15) is 9.59 Å². The fraction of sp³-hybridized carbons (Fsp3) is 0.348. The zero-order chi connectivity index (χ0) is 22.3. The van der Waals surface area contributed by atoms with Crippen molar-refractivity contribution in [1.29, 1.82) is 0 Å². The lowest BCUT2D eigenvalue weighted by Crippen LogP contribution is -2.28. The minimum atomic E-state index is -0.740. The van der Waals surface area contributed by atoms with Crippen LogP contribution in [0.1, 0.15) is 46.6 Å². The monoisotopic (exact) mass is 452 g/mol. The van der Waals surface area contributed by atoms with Gasteiger partial charge in [0.25, 0.3) is 5.91 Å². The van der Waals surface area contributed by atoms with Crippen molar-refractivity contribution in [2.45, 2.75) is 44.6 Å². The molecule has 0 spiro atoms. The second-order valence-electron chi connectivity index (χ2n) is 7.76. The first-order chi connectivity index (χ1) is 15.6. The minimum Gasteiger partial charge on any atom is -0.481 e. The molecule has 3 aromatic rings. The number of aliphatic carboxylic acids is 1. The van der Waals surface area contributed by atoms with Crippen LogP contribution in [0.2, 0.25) is 0 Å². The molecule has 1 aliphatic rings. The highest BCUT2D eigenvalue weighted by Crippen LogP contribution is 2.27. The van der Waals surface area contributed by atoms with E-state index >= 15 is 0 Å². The van der Waals surface area contributed by atoms with E-state index in [0.29, 0.717) is 42.3 Å². The van der Waals surface area contributed by atoms with Gasteiger partial charge in [-0.05, 0) is 43.7 Å². The summed E-state index contributed by atoms with van der Waals surface area (Å²) < 4.78 is 5.85. The van der Waals surface area contributed by atoms with Gasteiger partial charge in [0.1, 0.15) is 11.1 Å². The van der Waals surface area contributed by atoms with Crippen molar-refractivity contribution < 1.29 is 19.4 Å². The molecule has 0 aliphatic heterocycles. The molecule has 4 rings (SSSR count). The highest BCUT2D eigenvalue weighted by molar-refractivity contribution is 7.15. The fourth-order valence-corrected chi connectivity index (χ4v) is 4.39. The number of pyridine rings is 1. The first kappa shape index (κ1) is 21.9. The zero-order valence-corrected chi connectivity index (χ0v) is 18.3. The number of nitrogens with zero attached hydrogens (tertiary/aromatic N) is 3. The van der Waals surface area contributed by atoms with Crippen LogP contribution in [-0.2, 0) is 17.6 Å². The number of carboxylic acids is 1. The Bertz CT molecular complexity index is 1050. The number of hydrogen-bond acceptors (Lipinski definition) is 7. The van der Waals surface area contributed by atoms with Crippen molar-refractivity contribution >= 4 is 28.3 Å². The van der Waals surface area contributed by atoms with Gasteiger partial charge < -0.3 is 9.84 Å². The Kier molecular flexibility index (Phi) is 7.06. The van der Waals surface area contributed by atoms with Crippen LogP contribution in [-0.4, -0.2) is 38.3 Å². The summed E-state index contributed by atoms with van der Waals surface area (Å²) in [7, 11) is 0. The van der Waals surface area contributed by atoms with Crippen molar-refractivity contribution in [3.8, 4) is 5.88 Å². The molecule has 1 saturated carbocycles. The van der Waals surface area contributed by atoms with Crippen LogP contribution in [0.25, 0.3) is 0 Å². The molecule has 2 heterocycles. The molecule has 166 valence electrons. The molecule has 1 aliphatic carbocycles. The Morgan fingerprint density at radius 2 is 1.81 bits per heavy atom. The highest BCUT2D eigenvalue weighted by atomic mass is 32.1. The standard InChI is InChI=1S/C23H24N4O4S/c28-21(25-23-27-26-20(32-23)13-6-15-4-2-1-3-5-15)17-9-12-19(24-14-17)31-18-10-7-16(8-11-18)22(29)30/h1-5,9,12,14,16,18H,6-8,10-11,13H2,(H,29,30)(H,25,27,28)/t16-,18+. The van der Waals surface area contributed by atoms with Crippen molar-refractivity contribution in [1.82, 2.24) is 15.2 Å². The third-order valence-corrected chi connectivity index (χ3v) is 6.37. The number of carbonyl (C=O) groups excluding carboxylic acids is 1. The Hall–Kier alpha value is -3.33. The van der Waals surface area contributed by atoms with E-state index in [1.807, 2.05) is 18.2 Å². The van der Waals surface area contributed by atoms with Gasteiger partial charge >= 0.3 is 5.97 Å². The number of hydrogen-bond donors (Lipinski definition) is 2. The largest absolute Gasteiger partial charge is 0.481 e. The van der Waals surface area contributed by atoms with Gasteiger partial charge in [-0.15, -0.1) is 10.2 Å². The molecule has 0 bridgehead atoms. The molecular weight excluding hydrogens is 428 g/mol. The SMILES string of the molecule is O=C(Nc1nnc(CCc2ccccc2)s1)c1ccc(O[C@H]2CC[C@@H](C(=O)O)CC2)nc1. The zero-order valence-electron chi connectivity index (χ0n) is 17.4. The number of benzene rings is 1. The Balaban J connectivity index is 1.26. The smallest absolute Gasteiger partial charge is 0.306 e. The summed E-state index contributed by atoms with van der Waals surface area (Å²) in [5.41, 5.74) is 1.63. The molecule has 1 fully saturated rings. The molecule has 8 nitrogen and oxygen atoms in total. The maximum absolute atomic E-state index is 12.5. The molecule has 1 aromatic carbocycles. The van der Waals surface area contributed by atoms with Crippen LogP contribution in [0.3, 0.4) is 0 Å². The molecule has 0 radical (unpaired) electrons. The van der Waals surface area contributed by atoms with E-state index in [0.717, 1.165) is 17.8 Å². The van der Waals surface area contributed by atoms with Crippen molar-refractivity contribution in [2.24, 2.45) is 5.92 Å². The predicted molar refractivity (Wildman–Crippen MR) is 120 cm³/mol. The summed E-state index contributed by atoms with van der Waals surface area (Å²) in [5.74, 6) is -0.903. The highest BCUT2D eigenvalue weighted by Gasteiger charge is 2.27. The molecule has 0 unspecified atom stereocenters. The molecule has 32 heavy (non-hydrogen) atoms. The van der Waals surface area contributed by atoms with Gasteiger partial charge in [-0.25, -0.2) is 4.98 Å². The summed E-state index contributed by atoms with van der Waals surface area (Å²) >= 11 is 1.36. The van der Waals surface area contributed by atoms with Crippen LogP contribution in [0.15, 0.2) is 48.7 Å². The number of amides is 1. The van der Waals surface area contributed by atoms with E-state index in [-0.39, 0.29) is 17.9 Å². The van der Waals surface area contributed by atoms with E-state index in [1.165, 1.54) is 23.1 Å². The molecule has 0 saturated heterocycles. The van der Waals surface area contributed by atoms with E-state index in [4.69, 9.17) is 9.84 Å². The van der Waals surface area contributed by atoms with Crippen LogP contribution in [0.4, 0.5) is 5.13 Å². The average molecular weight is 453 g/mol. The second kappa shape index (κ2) is 10.3. The number of anilines is 1. The average Bonchev–Trinajstić information content (AvgIpc) is 3.26. The van der Waals surface area contributed by atoms with Crippen molar-refractivity contribution in [3.63, 3.8) is 0 Å². The minimum absolute atomic E-state index is 0.0477. The fourth-order valence-electron chi connectivity index (χ4n) is 3.65. The van der Waals surface area contributed by atoms with Gasteiger partial charge in [-0.3, -0.25) is 14.9 Å². The molecule has 2 aromatic heterocycles. The Labute approximate surface area is 189 Å². The lowest BCUT2D eigenvalue weighted by Gasteiger charge is -2.26. The number of aromatic nitrogens is 3. The normalized spacial score (nSPS) is 18.1. The topological polar surface area (TPSA) is 114 Å². The number of carboxylic acid groups (broad SMARTS) is 1. The van der Waals surface area contributed by atoms with E-state index in [2.05, 4.69) is 32.6 Å². The number of rotatable bonds is 8. The summed E-state index contributed by atoms with van der Waals surface area (Å²) in [4.78, 5) is 27.8. The molecular formula is C23H24N4O4S. The van der Waals surface area contributed by atoms with Crippen LogP contribution in [0, 0.1) is 5.92 Å². The van der Waals surface area contributed by atoms with Crippen molar-refractivity contribution in [2.75, 3.05) is 5.32 Å². The quantitative estimate of drug-likeness (QED) is 0.531. The summed E-state index contributed by atoms with van der Waals surface area (Å²) in [6.07, 6.45) is 5.63. The number of carbonyl (C=O) groups is 2. The predicted octanol–water partition coefficient (Wildman–Crippen LogP) is 3.99. The molecule has 1 amide bonds. The summed E-state index contributed by atoms with van der Waals surface area (Å²) in [5, 5.41) is 21.4. The number of aryl methyl sites for hydroxylation is 2. The van der Waals surface area contributed by atoms with Crippen LogP contribution in [0.5, 0.6) is 5.88 Å². The second-order valence-corrected chi connectivity index (χ2v) is 8.82. The lowest BCUT2D eigenvalue weighted by molar-refractivity contribution is -0.143. The first-order valence-corrected chi connectivity index (χ1v) is 11.4. The molecule has 9 heteroatoms. The first-order valence-electron chi connectivity index (χ1n) is 10.6. The lowest BCUT2D eigenvalue weighted by atomic mass is 9.87. The molecule has 2 N–H and O–H groups in total. The number of nitrogens with one attached hydrogen (secondary N) is 1. The third-order valence-electron chi connectivity index (χ3n) is 5.47. The maximum Gasteiger partial charge on any atom is 0.306 e. The number of ether oxygens (including phenoxy) is 1. The van der Waals surface area contributed by atoms with Gasteiger partial charge in [0.05, 0.1) is 11.5 Å². The summed E-state index contributed by atoms with van der Waals surface area (Å²) in [6, 6.07) is 13.5. The van der Waals surface area contributed by atoms with Gasteiger partial charge in [-0.2, -0.15) is 0 Å². The van der Waals surface area contributed by atoms with E-state index in [1.54, 1.807) is 12.1 Å². The van der Waals surface area contributed by atoms with Crippen molar-refractivity contribution in [3.05, 3.63) is 64.8 Å². The van der Waals surface area contributed by atoms with Gasteiger partial charge in [0.15, 0.2) is 0 Å². The maximum atomic E-state index is 12.5. The molecule has 0 atom stereocenters. The summed E-state index contributed by atoms with van der Waals surface area (Å²) in [6.45, 7) is 0. The van der Waals surface area contributed by atoms with Gasteiger partial charge in [-0.1, -0.05) is 41.7 Å². The van der Waals surface area contributed by atoms with Crippen LogP contribution < -0.4 is 10.1 Å². The van der Waals surface area contributed by atoms with Gasteiger partial charge in [0.2, 0.25) is 11.0 Å². The van der Waals surface area contributed by atoms with E-state index < -0.39 is 5.97 Å². The third kappa shape index (κ3) is 5.88. The van der Waals surface area contributed by atoms with Gasteiger partial charge in [0, 0.05) is 18.7 Å².